The van der Waals surface area contributed by atoms with Gasteiger partial charge < -0.3 is 19.8 Å². The summed E-state index contributed by atoms with van der Waals surface area (Å²) in [7, 11) is 1.62. The van der Waals surface area contributed by atoms with E-state index in [0.717, 1.165) is 38.5 Å². The van der Waals surface area contributed by atoms with Crippen molar-refractivity contribution in [3.05, 3.63) is 0 Å². The zero-order valence-corrected chi connectivity index (χ0v) is 32.0. The molecule has 3 N–H and O–H groups in total. The van der Waals surface area contributed by atoms with Crippen molar-refractivity contribution >= 4 is 13.7 Å². The van der Waals surface area contributed by atoms with E-state index < -0.39 is 20.0 Å². The van der Waals surface area contributed by atoms with Crippen LogP contribution in [-0.2, 0) is 18.4 Å². The van der Waals surface area contributed by atoms with Crippen LogP contribution in [-0.4, -0.2) is 73.4 Å². The number of amides is 1. The first-order chi connectivity index (χ1) is 22.0. The largest absolute Gasteiger partial charge is 0.472 e. The normalized spacial score (nSPS) is 14.7. The standard InChI is InChI=1S/C37H77N2O6P/c1-6-8-10-12-14-15-16-17-18-19-20-21-22-23-25-27-29-31-37(41)38-35(36(40)30-28-26-24-13-11-9-7-2)34-45-46(42,43)44-33-32-39(3,4)5/h35-36,40H,6-34H2,1-5H3,(H-,38,41,42,43)/p+1. The Labute approximate surface area is 285 Å². The Morgan fingerprint density at radius 1 is 0.652 bits per heavy atom. The maximum Gasteiger partial charge on any atom is 0.472 e. The first-order valence-corrected chi connectivity index (χ1v) is 20.9. The molecule has 0 spiro atoms. The van der Waals surface area contributed by atoms with Crippen LogP contribution in [0.15, 0.2) is 0 Å². The number of rotatable bonds is 35. The molecule has 0 heterocycles. The number of phosphoric ester groups is 1. The van der Waals surface area contributed by atoms with E-state index in [0.29, 0.717) is 23.9 Å². The van der Waals surface area contributed by atoms with Gasteiger partial charge in [0.15, 0.2) is 0 Å². The van der Waals surface area contributed by atoms with Crippen LogP contribution in [0.25, 0.3) is 0 Å². The zero-order valence-electron chi connectivity index (χ0n) is 31.1. The van der Waals surface area contributed by atoms with Crippen molar-refractivity contribution in [2.24, 2.45) is 0 Å². The second kappa shape index (κ2) is 30.6. The molecular formula is C37H78N2O6P+. The number of phosphoric acid groups is 1. The minimum absolute atomic E-state index is 0.0776. The van der Waals surface area contributed by atoms with Gasteiger partial charge in [0, 0.05) is 6.42 Å². The van der Waals surface area contributed by atoms with E-state index in [4.69, 9.17) is 9.05 Å². The monoisotopic (exact) mass is 678 g/mol. The van der Waals surface area contributed by atoms with Crippen molar-refractivity contribution < 1.29 is 32.9 Å². The zero-order chi connectivity index (χ0) is 34.4. The molecule has 0 rings (SSSR count). The Hall–Kier alpha value is -0.500. The van der Waals surface area contributed by atoms with Gasteiger partial charge in [-0.3, -0.25) is 13.8 Å². The SMILES string of the molecule is CCCCCCCCCCCCCCCCCCCC(=O)NC(COP(=O)(O)OCC[N+](C)(C)C)C(O)CCCCCCCCC. The van der Waals surface area contributed by atoms with E-state index in [2.05, 4.69) is 19.2 Å². The number of carbonyl (C=O) groups is 1. The van der Waals surface area contributed by atoms with Crippen LogP contribution < -0.4 is 5.32 Å². The Kier molecular flexibility index (Phi) is 30.2. The molecule has 0 aromatic carbocycles. The molecule has 0 aliphatic heterocycles. The summed E-state index contributed by atoms with van der Waals surface area (Å²) in [5.74, 6) is -0.146. The van der Waals surface area contributed by atoms with Gasteiger partial charge in [-0.05, 0) is 12.8 Å². The highest BCUT2D eigenvalue weighted by atomic mass is 31.2. The Morgan fingerprint density at radius 3 is 1.46 bits per heavy atom. The van der Waals surface area contributed by atoms with E-state index in [1.54, 1.807) is 0 Å². The summed E-state index contributed by atoms with van der Waals surface area (Å²) in [4.78, 5) is 22.9. The molecular weight excluding hydrogens is 599 g/mol. The Bertz CT molecular complexity index is 733. The molecule has 0 aliphatic rings. The molecule has 0 aliphatic carbocycles. The van der Waals surface area contributed by atoms with Crippen molar-refractivity contribution in [2.75, 3.05) is 40.9 Å². The second-order valence-corrected chi connectivity index (χ2v) is 16.1. The fourth-order valence-electron chi connectivity index (χ4n) is 5.69. The van der Waals surface area contributed by atoms with Gasteiger partial charge in [0.05, 0.1) is 39.9 Å². The molecule has 0 aromatic heterocycles. The van der Waals surface area contributed by atoms with Gasteiger partial charge >= 0.3 is 7.82 Å². The van der Waals surface area contributed by atoms with Crippen molar-refractivity contribution in [3.8, 4) is 0 Å². The number of hydrogen-bond acceptors (Lipinski definition) is 5. The average Bonchev–Trinajstić information content (AvgIpc) is 2.99. The molecule has 276 valence electrons. The average molecular weight is 678 g/mol. The van der Waals surface area contributed by atoms with E-state index >= 15 is 0 Å². The fourth-order valence-corrected chi connectivity index (χ4v) is 6.43. The Morgan fingerprint density at radius 2 is 1.04 bits per heavy atom. The number of unbranched alkanes of at least 4 members (excludes halogenated alkanes) is 22. The minimum atomic E-state index is -4.29. The molecule has 0 radical (unpaired) electrons. The summed E-state index contributed by atoms with van der Waals surface area (Å²) in [6.07, 6.45) is 29.9. The lowest BCUT2D eigenvalue weighted by Gasteiger charge is -2.26. The third-order valence-electron chi connectivity index (χ3n) is 8.86. The van der Waals surface area contributed by atoms with Crippen molar-refractivity contribution in [1.82, 2.24) is 5.32 Å². The topological polar surface area (TPSA) is 105 Å². The van der Waals surface area contributed by atoms with Crippen molar-refractivity contribution in [3.63, 3.8) is 0 Å². The molecule has 8 nitrogen and oxygen atoms in total. The molecule has 0 aromatic rings. The molecule has 0 bridgehead atoms. The van der Waals surface area contributed by atoms with E-state index in [1.807, 2.05) is 21.1 Å². The van der Waals surface area contributed by atoms with Gasteiger partial charge in [-0.1, -0.05) is 162 Å². The third kappa shape index (κ3) is 32.1. The van der Waals surface area contributed by atoms with Gasteiger partial charge in [-0.15, -0.1) is 0 Å². The number of hydrogen-bond donors (Lipinski definition) is 3. The number of aliphatic hydroxyl groups is 1. The van der Waals surface area contributed by atoms with Crippen LogP contribution in [0.1, 0.15) is 181 Å². The van der Waals surface area contributed by atoms with Gasteiger partial charge in [0.25, 0.3) is 0 Å². The van der Waals surface area contributed by atoms with Crippen LogP contribution in [0.3, 0.4) is 0 Å². The number of carbonyl (C=O) groups excluding carboxylic acids is 1. The van der Waals surface area contributed by atoms with E-state index in [1.165, 1.54) is 116 Å². The lowest BCUT2D eigenvalue weighted by atomic mass is 10.0. The summed E-state index contributed by atoms with van der Waals surface area (Å²) >= 11 is 0. The number of likely N-dealkylation sites (N-methyl/N-ethyl adjacent to an activating group) is 1. The molecule has 0 saturated heterocycles. The van der Waals surface area contributed by atoms with Crippen LogP contribution in [0.5, 0.6) is 0 Å². The molecule has 46 heavy (non-hydrogen) atoms. The first kappa shape index (κ1) is 45.5. The summed E-state index contributed by atoms with van der Waals surface area (Å²) in [5.41, 5.74) is 0. The van der Waals surface area contributed by atoms with Crippen molar-refractivity contribution in [1.29, 1.82) is 0 Å². The third-order valence-corrected chi connectivity index (χ3v) is 9.84. The van der Waals surface area contributed by atoms with Crippen LogP contribution in [0.2, 0.25) is 0 Å². The van der Waals surface area contributed by atoms with Gasteiger partial charge in [0.2, 0.25) is 5.91 Å². The molecule has 3 unspecified atom stereocenters. The highest BCUT2D eigenvalue weighted by molar-refractivity contribution is 7.47. The van der Waals surface area contributed by atoms with Crippen LogP contribution in [0.4, 0.5) is 0 Å². The number of nitrogens with one attached hydrogen (secondary N) is 1. The molecule has 3 atom stereocenters. The predicted octanol–water partition coefficient (Wildman–Crippen LogP) is 9.85. The van der Waals surface area contributed by atoms with Gasteiger partial charge in [-0.25, -0.2) is 4.57 Å². The maximum absolute atomic E-state index is 12.8. The van der Waals surface area contributed by atoms with Gasteiger partial charge in [0.1, 0.15) is 13.2 Å². The van der Waals surface area contributed by atoms with Crippen molar-refractivity contribution in [2.45, 2.75) is 193 Å². The highest BCUT2D eigenvalue weighted by Crippen LogP contribution is 2.43. The highest BCUT2D eigenvalue weighted by Gasteiger charge is 2.28. The number of nitrogens with zero attached hydrogens (tertiary/aromatic N) is 1. The Balaban J connectivity index is 4.26. The maximum atomic E-state index is 12.8. The summed E-state index contributed by atoms with van der Waals surface area (Å²) in [6.45, 7) is 4.84. The summed E-state index contributed by atoms with van der Waals surface area (Å²) in [6, 6.07) is -0.749. The quantitative estimate of drug-likeness (QED) is 0.0350. The molecule has 9 heteroatoms. The fraction of sp³-hybridized carbons (Fsp3) is 0.973. The lowest BCUT2D eigenvalue weighted by Crippen LogP contribution is -2.46. The predicted molar refractivity (Wildman–Crippen MR) is 194 cm³/mol. The van der Waals surface area contributed by atoms with Crippen LogP contribution in [0, 0.1) is 0 Å². The van der Waals surface area contributed by atoms with Gasteiger partial charge in [-0.2, -0.15) is 0 Å². The number of aliphatic hydroxyl groups excluding tert-OH is 1. The summed E-state index contributed by atoms with van der Waals surface area (Å²) < 4.78 is 23.4. The lowest BCUT2D eigenvalue weighted by molar-refractivity contribution is -0.870. The van der Waals surface area contributed by atoms with E-state index in [-0.39, 0.29) is 19.1 Å². The van der Waals surface area contributed by atoms with E-state index in [9.17, 15) is 19.4 Å². The smallest absolute Gasteiger partial charge is 0.391 e. The van der Waals surface area contributed by atoms with Crippen LogP contribution >= 0.6 is 7.82 Å². The molecule has 0 saturated carbocycles. The molecule has 0 fully saturated rings. The molecule has 1 amide bonds. The summed E-state index contributed by atoms with van der Waals surface area (Å²) in [5, 5.41) is 13.8. The number of quaternary nitrogens is 1. The first-order valence-electron chi connectivity index (χ1n) is 19.4. The second-order valence-electron chi connectivity index (χ2n) is 14.7. The minimum Gasteiger partial charge on any atom is -0.391 e.